The summed E-state index contributed by atoms with van der Waals surface area (Å²) in [4.78, 5) is 31.5. The van der Waals surface area contributed by atoms with Gasteiger partial charge in [-0.25, -0.2) is 4.79 Å². The highest BCUT2D eigenvalue weighted by atomic mass is 16.2. The average molecular weight is 360 g/mol. The van der Waals surface area contributed by atoms with E-state index in [4.69, 9.17) is 5.10 Å². The van der Waals surface area contributed by atoms with Gasteiger partial charge in [-0.3, -0.25) is 18.9 Å². The van der Waals surface area contributed by atoms with Crippen LogP contribution in [0, 0.1) is 0 Å². The predicted molar refractivity (Wildman–Crippen MR) is 103 cm³/mol. The first-order valence-electron chi connectivity index (χ1n) is 8.62. The van der Waals surface area contributed by atoms with Crippen molar-refractivity contribution in [3.05, 3.63) is 75.0 Å². The lowest BCUT2D eigenvalue weighted by Crippen LogP contribution is -2.31. The van der Waals surface area contributed by atoms with Gasteiger partial charge in [0.2, 0.25) is 5.95 Å². The zero-order valence-electron chi connectivity index (χ0n) is 14.6. The molecule has 0 spiro atoms. The zero-order chi connectivity index (χ0) is 18.5. The molecule has 0 unspecified atom stereocenters. The summed E-state index contributed by atoms with van der Waals surface area (Å²) in [6.07, 6.45) is 6.91. The number of aromatic nitrogens is 4. The van der Waals surface area contributed by atoms with Gasteiger partial charge in [0.05, 0.1) is 17.9 Å². The molecule has 0 bridgehead atoms. The van der Waals surface area contributed by atoms with Crippen LogP contribution in [0.15, 0.2) is 68.8 Å². The van der Waals surface area contributed by atoms with Crippen LogP contribution in [0.5, 0.6) is 0 Å². The van der Waals surface area contributed by atoms with Crippen LogP contribution >= 0.6 is 0 Å². The molecule has 1 N–H and O–H groups in total. The summed E-state index contributed by atoms with van der Waals surface area (Å²) in [7, 11) is 1.59. The molecule has 0 radical (unpaired) electrons. The largest absolute Gasteiger partial charge is 0.329 e. The van der Waals surface area contributed by atoms with Crippen molar-refractivity contribution in [1.29, 1.82) is 0 Å². The fourth-order valence-electron chi connectivity index (χ4n) is 3.45. The third-order valence-electron chi connectivity index (χ3n) is 4.85. The number of hydrazone groups is 1. The number of anilines is 2. The minimum Gasteiger partial charge on any atom is -0.296 e. The van der Waals surface area contributed by atoms with E-state index in [1.54, 1.807) is 12.1 Å². The fraction of sp³-hybridized carbons (Fsp3) is 0.158. The second-order valence-corrected chi connectivity index (χ2v) is 6.51. The maximum Gasteiger partial charge on any atom is 0.329 e. The van der Waals surface area contributed by atoms with Crippen molar-refractivity contribution < 1.29 is 0 Å². The third kappa shape index (κ3) is 2.30. The van der Waals surface area contributed by atoms with Crippen LogP contribution in [-0.2, 0) is 13.6 Å². The van der Waals surface area contributed by atoms with E-state index in [1.807, 2.05) is 47.1 Å². The number of aryl methyl sites for hydroxylation is 1. The molecule has 1 aliphatic heterocycles. The summed E-state index contributed by atoms with van der Waals surface area (Å²) in [5, 5.41) is 6.54. The van der Waals surface area contributed by atoms with Gasteiger partial charge in [0.25, 0.3) is 5.56 Å². The molecule has 1 aromatic carbocycles. The number of hydrogen-bond donors (Lipinski definition) is 1. The van der Waals surface area contributed by atoms with Crippen molar-refractivity contribution >= 4 is 28.5 Å². The maximum absolute atomic E-state index is 12.5. The fourth-order valence-corrected chi connectivity index (χ4v) is 3.45. The van der Waals surface area contributed by atoms with Gasteiger partial charge in [0.1, 0.15) is 0 Å². The van der Waals surface area contributed by atoms with Crippen LogP contribution in [0.1, 0.15) is 6.42 Å². The molecular formula is C19H16N6O2. The number of nitrogens with one attached hydrogen (secondary N) is 1. The minimum atomic E-state index is -0.488. The van der Waals surface area contributed by atoms with Crippen molar-refractivity contribution in [3.8, 4) is 0 Å². The number of hydrogen-bond acceptors (Lipinski definition) is 5. The van der Waals surface area contributed by atoms with Gasteiger partial charge >= 0.3 is 5.69 Å². The van der Waals surface area contributed by atoms with Gasteiger partial charge in [-0.1, -0.05) is 36.4 Å². The smallest absolute Gasteiger partial charge is 0.296 e. The molecule has 0 saturated carbocycles. The molecule has 2 aliphatic rings. The number of para-hydroxylation sites is 1. The maximum atomic E-state index is 12.5. The number of allylic oxidation sites excluding steroid dienone is 4. The van der Waals surface area contributed by atoms with Crippen LogP contribution in [-0.4, -0.2) is 24.8 Å². The molecule has 27 heavy (non-hydrogen) atoms. The lowest BCUT2D eigenvalue weighted by Gasteiger charge is -2.26. The molecule has 8 heteroatoms. The van der Waals surface area contributed by atoms with E-state index in [0.29, 0.717) is 23.7 Å². The minimum absolute atomic E-state index is 0.342. The SMILES string of the molecule is Cn1c(=O)[nH]c(=O)c2c1nc1n2CC(C2=CC=CC2)=NN1c1ccccc1. The van der Waals surface area contributed by atoms with E-state index in [1.165, 1.54) is 4.57 Å². The van der Waals surface area contributed by atoms with E-state index in [2.05, 4.69) is 16.0 Å². The Balaban J connectivity index is 1.80. The Morgan fingerprint density at radius 3 is 2.70 bits per heavy atom. The first kappa shape index (κ1) is 15.6. The summed E-state index contributed by atoms with van der Waals surface area (Å²) >= 11 is 0. The quantitative estimate of drug-likeness (QED) is 0.755. The first-order valence-corrected chi connectivity index (χ1v) is 8.62. The van der Waals surface area contributed by atoms with E-state index in [-0.39, 0.29) is 0 Å². The molecule has 1 aliphatic carbocycles. The molecule has 134 valence electrons. The Kier molecular flexibility index (Phi) is 3.27. The predicted octanol–water partition coefficient (Wildman–Crippen LogP) is 1.82. The average Bonchev–Trinajstić information content (AvgIpc) is 3.34. The van der Waals surface area contributed by atoms with Gasteiger partial charge in [-0.05, 0) is 24.1 Å². The van der Waals surface area contributed by atoms with Crippen molar-refractivity contribution in [2.24, 2.45) is 12.1 Å². The van der Waals surface area contributed by atoms with Crippen molar-refractivity contribution in [3.63, 3.8) is 0 Å². The molecule has 0 atom stereocenters. The number of benzene rings is 1. The second-order valence-electron chi connectivity index (χ2n) is 6.51. The number of imidazole rings is 1. The monoisotopic (exact) mass is 360 g/mol. The van der Waals surface area contributed by atoms with E-state index < -0.39 is 11.2 Å². The summed E-state index contributed by atoms with van der Waals surface area (Å²) < 4.78 is 3.17. The third-order valence-corrected chi connectivity index (χ3v) is 4.85. The molecule has 0 fully saturated rings. The van der Waals surface area contributed by atoms with Crippen molar-refractivity contribution in [2.45, 2.75) is 13.0 Å². The second kappa shape index (κ2) is 5.66. The highest BCUT2D eigenvalue weighted by Crippen LogP contribution is 2.32. The Morgan fingerprint density at radius 1 is 1.15 bits per heavy atom. The molecule has 3 aromatic rings. The lowest BCUT2D eigenvalue weighted by molar-refractivity contribution is 0.792. The first-order chi connectivity index (χ1) is 13.1. The van der Waals surface area contributed by atoms with Crippen LogP contribution in [0.3, 0.4) is 0 Å². The Labute approximate surface area is 153 Å². The summed E-state index contributed by atoms with van der Waals surface area (Å²) in [6, 6.07) is 9.64. The molecular weight excluding hydrogens is 344 g/mol. The van der Waals surface area contributed by atoms with Crippen molar-refractivity contribution in [2.75, 3.05) is 5.01 Å². The van der Waals surface area contributed by atoms with E-state index in [0.717, 1.165) is 23.4 Å². The Morgan fingerprint density at radius 2 is 1.96 bits per heavy atom. The van der Waals surface area contributed by atoms with E-state index in [9.17, 15) is 9.59 Å². The molecule has 5 rings (SSSR count). The Bertz CT molecular complexity index is 1270. The van der Waals surface area contributed by atoms with E-state index >= 15 is 0 Å². The Hall–Kier alpha value is -3.68. The normalized spacial score (nSPS) is 15.8. The zero-order valence-corrected chi connectivity index (χ0v) is 14.6. The number of aromatic amines is 1. The van der Waals surface area contributed by atoms with Gasteiger partial charge in [-0.2, -0.15) is 15.1 Å². The summed E-state index contributed by atoms with van der Waals surface area (Å²) in [5.41, 5.74) is 2.58. The standard InChI is InChI=1S/C19H16N6O2/c1-23-16-15(17(26)21-19(23)27)24-11-14(12-7-5-6-8-12)22-25(18(24)20-16)13-9-3-2-4-10-13/h2-7,9-10H,8,11H2,1H3,(H,21,26,27). The van der Waals surface area contributed by atoms with Crippen LogP contribution in [0.2, 0.25) is 0 Å². The molecule has 8 nitrogen and oxygen atoms in total. The van der Waals surface area contributed by atoms with Crippen LogP contribution in [0.25, 0.3) is 11.2 Å². The molecule has 3 heterocycles. The number of H-pyrrole nitrogens is 1. The lowest BCUT2D eigenvalue weighted by atomic mass is 10.1. The van der Waals surface area contributed by atoms with Crippen LogP contribution in [0.4, 0.5) is 11.6 Å². The topological polar surface area (TPSA) is 88.3 Å². The van der Waals surface area contributed by atoms with Crippen LogP contribution < -0.4 is 16.3 Å². The molecule has 0 saturated heterocycles. The summed E-state index contributed by atoms with van der Waals surface area (Å²) in [6.45, 7) is 0.421. The highest BCUT2D eigenvalue weighted by molar-refractivity contribution is 6.03. The number of rotatable bonds is 2. The summed E-state index contributed by atoms with van der Waals surface area (Å²) in [5.74, 6) is 0.512. The van der Waals surface area contributed by atoms with Gasteiger partial charge in [0, 0.05) is 7.05 Å². The van der Waals surface area contributed by atoms with Gasteiger partial charge in [-0.15, -0.1) is 0 Å². The number of fused-ring (bicyclic) bond motifs is 3. The van der Waals surface area contributed by atoms with Gasteiger partial charge in [0.15, 0.2) is 11.2 Å². The number of nitrogens with zero attached hydrogens (tertiary/aromatic N) is 5. The van der Waals surface area contributed by atoms with Gasteiger partial charge < -0.3 is 0 Å². The molecule has 0 amide bonds. The van der Waals surface area contributed by atoms with Crippen molar-refractivity contribution in [1.82, 2.24) is 19.1 Å². The highest BCUT2D eigenvalue weighted by Gasteiger charge is 2.28. The molecule has 2 aromatic heterocycles.